The number of phenolic OH excluding ortho intramolecular Hbond substituents is 1. The number of ether oxygens (including phenoxy) is 1. The van der Waals surface area contributed by atoms with Gasteiger partial charge in [-0.05, 0) is 61.4 Å². The molecule has 3 heteroatoms. The molecule has 0 amide bonds. The lowest BCUT2D eigenvalue weighted by Gasteiger charge is -2.23. The molecular weight excluding hydrogens is 214 g/mol. The highest BCUT2D eigenvalue weighted by Gasteiger charge is 2.51. The van der Waals surface area contributed by atoms with E-state index in [1.54, 1.807) is 13.2 Å². The van der Waals surface area contributed by atoms with E-state index in [-0.39, 0.29) is 5.75 Å². The Balaban J connectivity index is 1.93. The van der Waals surface area contributed by atoms with Crippen LogP contribution in [0.5, 0.6) is 11.5 Å². The Kier molecular flexibility index (Phi) is 2.51. The van der Waals surface area contributed by atoms with Gasteiger partial charge in [-0.25, -0.2) is 0 Å². The van der Waals surface area contributed by atoms with Crippen molar-refractivity contribution in [2.75, 3.05) is 20.2 Å². The molecule has 0 bridgehead atoms. The van der Waals surface area contributed by atoms with Crippen molar-refractivity contribution in [2.24, 2.45) is 5.92 Å². The summed E-state index contributed by atoms with van der Waals surface area (Å²) in [6, 6.07) is 5.83. The maximum atomic E-state index is 9.65. The summed E-state index contributed by atoms with van der Waals surface area (Å²) in [5.41, 5.74) is 1.69. The molecule has 1 aromatic rings. The van der Waals surface area contributed by atoms with Crippen molar-refractivity contribution in [1.82, 2.24) is 5.32 Å². The SMILES string of the molecule is COc1cc(C2(C3CCNC3)CC2)ccc1O. The van der Waals surface area contributed by atoms with Gasteiger partial charge in [-0.15, -0.1) is 0 Å². The van der Waals surface area contributed by atoms with E-state index < -0.39 is 0 Å². The van der Waals surface area contributed by atoms with Gasteiger partial charge in [0.25, 0.3) is 0 Å². The van der Waals surface area contributed by atoms with Gasteiger partial charge in [0.15, 0.2) is 11.5 Å². The fourth-order valence-corrected chi connectivity index (χ4v) is 3.18. The van der Waals surface area contributed by atoms with Crippen LogP contribution >= 0.6 is 0 Å². The molecule has 3 nitrogen and oxygen atoms in total. The third kappa shape index (κ3) is 1.69. The summed E-state index contributed by atoms with van der Waals surface area (Å²) in [7, 11) is 1.61. The van der Waals surface area contributed by atoms with E-state index in [1.165, 1.54) is 24.8 Å². The zero-order valence-electron chi connectivity index (χ0n) is 10.2. The first-order valence-corrected chi connectivity index (χ1v) is 6.34. The second-order valence-corrected chi connectivity index (χ2v) is 5.23. The highest BCUT2D eigenvalue weighted by Crippen LogP contribution is 2.56. The van der Waals surface area contributed by atoms with E-state index in [1.807, 2.05) is 6.07 Å². The molecule has 17 heavy (non-hydrogen) atoms. The van der Waals surface area contributed by atoms with Crippen LogP contribution in [0, 0.1) is 5.92 Å². The summed E-state index contributed by atoms with van der Waals surface area (Å²) >= 11 is 0. The van der Waals surface area contributed by atoms with Crippen molar-refractivity contribution in [3.05, 3.63) is 23.8 Å². The molecule has 1 aliphatic heterocycles. The Morgan fingerprint density at radius 3 is 2.82 bits per heavy atom. The van der Waals surface area contributed by atoms with Crippen LogP contribution in [0.1, 0.15) is 24.8 Å². The molecule has 1 saturated heterocycles. The third-order valence-corrected chi connectivity index (χ3v) is 4.39. The largest absolute Gasteiger partial charge is 0.504 e. The van der Waals surface area contributed by atoms with Crippen molar-refractivity contribution in [3.63, 3.8) is 0 Å². The molecule has 92 valence electrons. The summed E-state index contributed by atoms with van der Waals surface area (Å²) in [4.78, 5) is 0. The average molecular weight is 233 g/mol. The van der Waals surface area contributed by atoms with Crippen LogP contribution in [0.2, 0.25) is 0 Å². The number of aromatic hydroxyl groups is 1. The molecular formula is C14H19NO2. The lowest BCUT2D eigenvalue weighted by molar-refractivity contribution is 0.370. The number of nitrogens with one attached hydrogen (secondary N) is 1. The first-order chi connectivity index (χ1) is 8.26. The van der Waals surface area contributed by atoms with Gasteiger partial charge >= 0.3 is 0 Å². The van der Waals surface area contributed by atoms with Crippen LogP contribution in [0.3, 0.4) is 0 Å². The monoisotopic (exact) mass is 233 g/mol. The van der Waals surface area contributed by atoms with Crippen LogP contribution in [0.15, 0.2) is 18.2 Å². The Morgan fingerprint density at radius 2 is 2.24 bits per heavy atom. The molecule has 2 N–H and O–H groups in total. The molecule has 2 aliphatic rings. The molecule has 3 rings (SSSR count). The second-order valence-electron chi connectivity index (χ2n) is 5.23. The molecule has 1 heterocycles. The lowest BCUT2D eigenvalue weighted by atomic mass is 9.82. The first kappa shape index (κ1) is 10.9. The predicted octanol–water partition coefficient (Wildman–Crippen LogP) is 2.04. The molecule has 0 aromatic heterocycles. The van der Waals surface area contributed by atoms with Crippen LogP contribution in [0.4, 0.5) is 0 Å². The van der Waals surface area contributed by atoms with Gasteiger partial charge in [0.05, 0.1) is 7.11 Å². The van der Waals surface area contributed by atoms with Crippen molar-refractivity contribution < 1.29 is 9.84 Å². The van der Waals surface area contributed by atoms with E-state index in [0.29, 0.717) is 11.2 Å². The Bertz CT molecular complexity index is 420. The number of hydrogen-bond acceptors (Lipinski definition) is 3. The van der Waals surface area contributed by atoms with Crippen molar-refractivity contribution >= 4 is 0 Å². The Labute approximate surface area is 102 Å². The van der Waals surface area contributed by atoms with Gasteiger partial charge in [0.2, 0.25) is 0 Å². The number of hydrogen-bond donors (Lipinski definition) is 2. The summed E-state index contributed by atoms with van der Waals surface area (Å²) in [6.07, 6.45) is 3.81. The van der Waals surface area contributed by atoms with Crippen LogP contribution < -0.4 is 10.1 Å². The van der Waals surface area contributed by atoms with Crippen LogP contribution in [-0.4, -0.2) is 25.3 Å². The minimum absolute atomic E-state index is 0.233. The quantitative estimate of drug-likeness (QED) is 0.839. The minimum atomic E-state index is 0.233. The average Bonchev–Trinajstić information content (AvgIpc) is 2.97. The van der Waals surface area contributed by atoms with Crippen molar-refractivity contribution in [1.29, 1.82) is 0 Å². The zero-order chi connectivity index (χ0) is 11.9. The van der Waals surface area contributed by atoms with Crippen molar-refractivity contribution in [3.8, 4) is 11.5 Å². The van der Waals surface area contributed by atoms with Gasteiger partial charge in [-0.2, -0.15) is 0 Å². The number of phenols is 1. The maximum absolute atomic E-state index is 9.65. The van der Waals surface area contributed by atoms with E-state index in [0.717, 1.165) is 19.0 Å². The van der Waals surface area contributed by atoms with E-state index in [4.69, 9.17) is 4.74 Å². The molecule has 1 unspecified atom stereocenters. The fourth-order valence-electron chi connectivity index (χ4n) is 3.18. The molecule has 1 aromatic carbocycles. The Hall–Kier alpha value is -1.22. The fraction of sp³-hybridized carbons (Fsp3) is 0.571. The number of methoxy groups -OCH3 is 1. The minimum Gasteiger partial charge on any atom is -0.504 e. The summed E-state index contributed by atoms with van der Waals surface area (Å²) < 4.78 is 5.21. The maximum Gasteiger partial charge on any atom is 0.160 e. The zero-order valence-corrected chi connectivity index (χ0v) is 10.2. The molecule has 0 radical (unpaired) electrons. The molecule has 1 aliphatic carbocycles. The lowest BCUT2D eigenvalue weighted by Crippen LogP contribution is -2.22. The van der Waals surface area contributed by atoms with E-state index in [2.05, 4.69) is 11.4 Å². The molecule has 2 fully saturated rings. The van der Waals surface area contributed by atoms with Gasteiger partial charge in [-0.1, -0.05) is 6.07 Å². The van der Waals surface area contributed by atoms with Gasteiger partial charge in [0, 0.05) is 0 Å². The first-order valence-electron chi connectivity index (χ1n) is 6.34. The molecule has 0 spiro atoms. The van der Waals surface area contributed by atoms with E-state index in [9.17, 15) is 5.11 Å². The number of benzene rings is 1. The van der Waals surface area contributed by atoms with Crippen LogP contribution in [0.25, 0.3) is 0 Å². The van der Waals surface area contributed by atoms with E-state index >= 15 is 0 Å². The third-order valence-electron chi connectivity index (χ3n) is 4.39. The second kappa shape index (κ2) is 3.91. The summed E-state index contributed by atoms with van der Waals surface area (Å²) in [6.45, 7) is 2.27. The highest BCUT2D eigenvalue weighted by molar-refractivity contribution is 5.46. The van der Waals surface area contributed by atoms with Crippen LogP contribution in [-0.2, 0) is 5.41 Å². The van der Waals surface area contributed by atoms with Gasteiger partial charge < -0.3 is 15.2 Å². The standard InChI is InChI=1S/C14H19NO2/c1-17-13-8-10(2-3-12(13)16)14(5-6-14)11-4-7-15-9-11/h2-3,8,11,15-16H,4-7,9H2,1H3. The van der Waals surface area contributed by atoms with Gasteiger partial charge in [-0.3, -0.25) is 0 Å². The highest BCUT2D eigenvalue weighted by atomic mass is 16.5. The number of rotatable bonds is 3. The summed E-state index contributed by atoms with van der Waals surface area (Å²) in [5, 5.41) is 13.1. The summed E-state index contributed by atoms with van der Waals surface area (Å²) in [5.74, 6) is 1.58. The molecule has 1 atom stereocenters. The molecule has 1 saturated carbocycles. The predicted molar refractivity (Wildman–Crippen MR) is 66.5 cm³/mol. The van der Waals surface area contributed by atoms with Gasteiger partial charge in [0.1, 0.15) is 0 Å². The smallest absolute Gasteiger partial charge is 0.160 e. The topological polar surface area (TPSA) is 41.5 Å². The van der Waals surface area contributed by atoms with Crippen molar-refractivity contribution in [2.45, 2.75) is 24.7 Å². The normalized spacial score (nSPS) is 25.8. The Morgan fingerprint density at radius 1 is 1.41 bits per heavy atom.